The number of halogens is 2. The van der Waals surface area contributed by atoms with Gasteiger partial charge >= 0.3 is 0 Å². The third-order valence-electron chi connectivity index (χ3n) is 5.73. The van der Waals surface area contributed by atoms with Gasteiger partial charge in [0.25, 0.3) is 0 Å². The first-order valence-electron chi connectivity index (χ1n) is 10.0. The molecular formula is C23H26ClFN2O2. The summed E-state index contributed by atoms with van der Waals surface area (Å²) >= 11 is 6.21. The fourth-order valence-electron chi connectivity index (χ4n) is 3.84. The van der Waals surface area contributed by atoms with Crippen LogP contribution in [0.4, 0.5) is 4.39 Å². The Kier molecular flexibility index (Phi) is 6.81. The molecule has 0 amide bonds. The molecule has 1 N–H and O–H groups in total. The van der Waals surface area contributed by atoms with Crippen LogP contribution in [-0.4, -0.2) is 22.6 Å². The zero-order chi connectivity index (χ0) is 21.1. The maximum absolute atomic E-state index is 15.5. The molecule has 0 radical (unpaired) electrons. The smallest absolute Gasteiger partial charge is 0.199 e. The molecule has 4 nitrogen and oxygen atoms in total. The number of ketones is 2. The molecule has 154 valence electrons. The van der Waals surface area contributed by atoms with Gasteiger partial charge in [-0.1, -0.05) is 31.5 Å². The van der Waals surface area contributed by atoms with Gasteiger partial charge in [-0.25, -0.2) is 4.39 Å². The minimum atomic E-state index is -0.614. The highest BCUT2D eigenvalue weighted by Gasteiger charge is 2.30. The number of carbonyl (C=O) groups excluding carboxylic acids is 2. The molecule has 0 aliphatic heterocycles. The molecule has 0 bridgehead atoms. The number of nitrogens with zero attached hydrogens (tertiary/aromatic N) is 1. The van der Waals surface area contributed by atoms with Crippen molar-refractivity contribution in [1.82, 2.24) is 10.3 Å². The summed E-state index contributed by atoms with van der Waals surface area (Å²) in [5, 5.41) is 3.52. The van der Waals surface area contributed by atoms with Gasteiger partial charge in [0.2, 0.25) is 0 Å². The highest BCUT2D eigenvalue weighted by atomic mass is 35.5. The van der Waals surface area contributed by atoms with Crippen LogP contribution in [0.25, 0.3) is 0 Å². The van der Waals surface area contributed by atoms with E-state index in [1.165, 1.54) is 6.20 Å². The van der Waals surface area contributed by atoms with Crippen molar-refractivity contribution in [2.24, 2.45) is 5.92 Å². The fraction of sp³-hybridized carbons (Fsp3) is 0.435. The van der Waals surface area contributed by atoms with Crippen LogP contribution < -0.4 is 5.32 Å². The molecule has 2 aromatic rings. The van der Waals surface area contributed by atoms with Crippen LogP contribution in [0.3, 0.4) is 0 Å². The van der Waals surface area contributed by atoms with E-state index in [1.54, 1.807) is 24.3 Å². The number of pyridine rings is 1. The number of Topliss-reactive ketones (excluding diaryl/α,β-unsaturated/α-hetero) is 1. The molecule has 1 saturated carbocycles. The Hall–Kier alpha value is -2.11. The minimum absolute atomic E-state index is 0.00303. The average Bonchev–Trinajstić information content (AvgIpc) is 2.69. The Morgan fingerprint density at radius 3 is 2.76 bits per heavy atom. The Labute approximate surface area is 175 Å². The van der Waals surface area contributed by atoms with Crippen molar-refractivity contribution in [2.75, 3.05) is 0 Å². The van der Waals surface area contributed by atoms with E-state index >= 15 is 4.39 Å². The summed E-state index contributed by atoms with van der Waals surface area (Å²) in [6.45, 7) is 5.87. The van der Waals surface area contributed by atoms with E-state index in [1.807, 2.05) is 13.8 Å². The third-order valence-corrected chi connectivity index (χ3v) is 6.05. The van der Waals surface area contributed by atoms with E-state index in [0.717, 1.165) is 12.1 Å². The molecule has 0 spiro atoms. The van der Waals surface area contributed by atoms with Crippen LogP contribution in [0.1, 0.15) is 72.8 Å². The van der Waals surface area contributed by atoms with E-state index in [4.69, 9.17) is 11.6 Å². The Morgan fingerprint density at radius 1 is 1.34 bits per heavy atom. The van der Waals surface area contributed by atoms with Crippen LogP contribution in [0, 0.1) is 18.7 Å². The molecule has 29 heavy (non-hydrogen) atoms. The topological polar surface area (TPSA) is 59.1 Å². The van der Waals surface area contributed by atoms with Crippen molar-refractivity contribution in [3.63, 3.8) is 0 Å². The van der Waals surface area contributed by atoms with Crippen molar-refractivity contribution in [2.45, 2.75) is 58.5 Å². The van der Waals surface area contributed by atoms with Crippen molar-refractivity contribution in [3.8, 4) is 0 Å². The molecule has 1 unspecified atom stereocenters. The van der Waals surface area contributed by atoms with E-state index in [9.17, 15) is 9.59 Å². The zero-order valence-electron chi connectivity index (χ0n) is 17.0. The van der Waals surface area contributed by atoms with Gasteiger partial charge in [0.05, 0.1) is 10.6 Å². The van der Waals surface area contributed by atoms with Gasteiger partial charge in [0, 0.05) is 47.9 Å². The van der Waals surface area contributed by atoms with E-state index in [0.29, 0.717) is 36.3 Å². The predicted octanol–water partition coefficient (Wildman–Crippen LogP) is 5.21. The lowest BCUT2D eigenvalue weighted by Crippen LogP contribution is -2.42. The summed E-state index contributed by atoms with van der Waals surface area (Å²) in [5.74, 6) is -0.540. The van der Waals surface area contributed by atoms with Crippen molar-refractivity contribution < 1.29 is 14.0 Å². The summed E-state index contributed by atoms with van der Waals surface area (Å²) in [6.07, 6.45) is 3.95. The first kappa shape index (κ1) is 21.6. The van der Waals surface area contributed by atoms with Gasteiger partial charge < -0.3 is 5.32 Å². The number of hydrogen-bond donors (Lipinski definition) is 1. The lowest BCUT2D eigenvalue weighted by atomic mass is 9.84. The number of rotatable bonds is 6. The van der Waals surface area contributed by atoms with Gasteiger partial charge in [0.15, 0.2) is 5.78 Å². The van der Waals surface area contributed by atoms with Crippen LogP contribution in [0.5, 0.6) is 0 Å². The number of hydrogen-bond acceptors (Lipinski definition) is 4. The Morgan fingerprint density at radius 2 is 2.10 bits per heavy atom. The summed E-state index contributed by atoms with van der Waals surface area (Å²) in [7, 11) is 0. The Balaban J connectivity index is 1.93. The van der Waals surface area contributed by atoms with Crippen LogP contribution >= 0.6 is 11.6 Å². The molecule has 1 aromatic carbocycles. The summed E-state index contributed by atoms with van der Waals surface area (Å²) < 4.78 is 15.5. The minimum Gasteiger partial charge on any atom is -0.306 e. The number of aromatic nitrogens is 1. The quantitative estimate of drug-likeness (QED) is 0.656. The zero-order valence-corrected chi connectivity index (χ0v) is 17.7. The molecule has 3 atom stereocenters. The van der Waals surface area contributed by atoms with Gasteiger partial charge in [-0.15, -0.1) is 0 Å². The molecule has 6 heteroatoms. The lowest BCUT2D eigenvalue weighted by Gasteiger charge is -2.33. The molecule has 1 aromatic heterocycles. The highest BCUT2D eigenvalue weighted by Crippen LogP contribution is 2.31. The van der Waals surface area contributed by atoms with Crippen LogP contribution in [-0.2, 0) is 4.79 Å². The van der Waals surface area contributed by atoms with Crippen molar-refractivity contribution in [3.05, 3.63) is 63.7 Å². The SMILES string of the molecule is CC[C@@H](N[C@H]1CC(=O)CCC1C)c1ccc(Cl)c(C(=O)c2ccc(C)nc2)c1F. The highest BCUT2D eigenvalue weighted by molar-refractivity contribution is 6.35. The number of benzene rings is 1. The molecule has 1 aliphatic rings. The molecule has 3 rings (SSSR count). The van der Waals surface area contributed by atoms with Gasteiger partial charge in [-0.05, 0) is 43.9 Å². The summed E-state index contributed by atoms with van der Waals surface area (Å²) in [5.41, 5.74) is 1.32. The van der Waals surface area contributed by atoms with Crippen LogP contribution in [0.2, 0.25) is 5.02 Å². The van der Waals surface area contributed by atoms with Crippen molar-refractivity contribution in [1.29, 1.82) is 0 Å². The van der Waals surface area contributed by atoms with Gasteiger partial charge in [-0.3, -0.25) is 14.6 Å². The predicted molar refractivity (Wildman–Crippen MR) is 112 cm³/mol. The largest absolute Gasteiger partial charge is 0.306 e. The van der Waals surface area contributed by atoms with Gasteiger partial charge in [0.1, 0.15) is 11.6 Å². The average molecular weight is 417 g/mol. The fourth-order valence-corrected chi connectivity index (χ4v) is 4.07. The second-order valence-electron chi connectivity index (χ2n) is 7.84. The number of aryl methyl sites for hydroxylation is 1. The second kappa shape index (κ2) is 9.14. The standard InChI is InChI=1S/C23H26ClFN2O2/c1-4-19(27-20-11-16(28)8-5-13(20)2)17-9-10-18(24)21(22(17)25)23(29)15-7-6-14(3)26-12-15/h6-7,9-10,12-13,19-20,27H,4-5,8,11H2,1-3H3/t13?,19-,20+/m1/s1. The van der Waals surface area contributed by atoms with E-state index < -0.39 is 11.6 Å². The maximum Gasteiger partial charge on any atom is 0.199 e. The number of nitrogens with one attached hydrogen (secondary N) is 1. The third kappa shape index (κ3) is 4.73. The maximum atomic E-state index is 15.5. The van der Waals surface area contributed by atoms with Crippen molar-refractivity contribution >= 4 is 23.2 Å². The first-order chi connectivity index (χ1) is 13.8. The van der Waals surface area contributed by atoms with Gasteiger partial charge in [-0.2, -0.15) is 0 Å². The van der Waals surface area contributed by atoms with E-state index in [2.05, 4.69) is 17.2 Å². The molecule has 0 saturated heterocycles. The molecule has 1 aliphatic carbocycles. The molecule has 1 heterocycles. The lowest BCUT2D eigenvalue weighted by molar-refractivity contribution is -0.121. The molecule has 1 fully saturated rings. The van der Waals surface area contributed by atoms with Crippen LogP contribution in [0.15, 0.2) is 30.5 Å². The molecular weight excluding hydrogens is 391 g/mol. The monoisotopic (exact) mass is 416 g/mol. The number of carbonyl (C=O) groups is 2. The first-order valence-corrected chi connectivity index (χ1v) is 10.4. The second-order valence-corrected chi connectivity index (χ2v) is 8.24. The summed E-state index contributed by atoms with van der Waals surface area (Å²) in [4.78, 5) is 28.9. The van der Waals surface area contributed by atoms with E-state index in [-0.39, 0.29) is 28.5 Å². The normalized spacial score (nSPS) is 20.5. The summed E-state index contributed by atoms with van der Waals surface area (Å²) in [6, 6.07) is 6.20. The Bertz CT molecular complexity index is 914.